The fraction of sp³-hybridized carbons (Fsp3) is 0.333. The van der Waals surface area contributed by atoms with Crippen molar-refractivity contribution in [2.45, 2.75) is 0 Å². The van der Waals surface area contributed by atoms with Gasteiger partial charge in [-0.15, -0.1) is 17.9 Å². The van der Waals surface area contributed by atoms with Crippen LogP contribution in [0.3, 0.4) is 0 Å². The summed E-state index contributed by atoms with van der Waals surface area (Å²) < 4.78 is 26.1. The molecule has 17 heavy (non-hydrogen) atoms. The third-order valence-corrected chi connectivity index (χ3v) is 3.22. The van der Waals surface area contributed by atoms with Crippen LogP contribution in [0.5, 0.6) is 0 Å². The van der Waals surface area contributed by atoms with Gasteiger partial charge in [0.25, 0.3) is 0 Å². The van der Waals surface area contributed by atoms with Gasteiger partial charge in [0.15, 0.2) is 0 Å². The van der Waals surface area contributed by atoms with Gasteiger partial charge < -0.3 is 10.3 Å². The maximum Gasteiger partial charge on any atom is 0.484 e. The van der Waals surface area contributed by atoms with E-state index in [4.69, 9.17) is 14.6 Å². The predicted octanol–water partition coefficient (Wildman–Crippen LogP) is 1.39. The van der Waals surface area contributed by atoms with Crippen molar-refractivity contribution < 1.29 is 27.9 Å². The molecule has 0 spiro atoms. The van der Waals surface area contributed by atoms with Gasteiger partial charge in [0.1, 0.15) is 0 Å². The van der Waals surface area contributed by atoms with E-state index >= 15 is 0 Å². The van der Waals surface area contributed by atoms with Gasteiger partial charge in [-0.05, 0) is 0 Å². The Labute approximate surface area is 98.8 Å². The Morgan fingerprint density at radius 3 is 2.12 bits per heavy atom. The minimum Gasteiger partial charge on any atom is -0.460 e. The SMILES string of the molecule is C=CCOP(=O)(OCC=C)C(=[N+]=[N-])C(=O)OC. The highest BCUT2D eigenvalue weighted by molar-refractivity contribution is 7.74. The molecule has 0 N–H and O–H groups in total. The fourth-order valence-electron chi connectivity index (χ4n) is 0.760. The van der Waals surface area contributed by atoms with Crippen molar-refractivity contribution in [3.05, 3.63) is 30.8 Å². The van der Waals surface area contributed by atoms with E-state index in [1.54, 1.807) is 0 Å². The van der Waals surface area contributed by atoms with Crippen LogP contribution in [-0.2, 0) is 23.1 Å². The van der Waals surface area contributed by atoms with Crippen LogP contribution in [0.15, 0.2) is 25.3 Å². The van der Waals surface area contributed by atoms with Crippen molar-refractivity contribution in [3.8, 4) is 0 Å². The first-order valence-corrected chi connectivity index (χ1v) is 6.01. The Hall–Kier alpha value is -1.52. The van der Waals surface area contributed by atoms with E-state index in [9.17, 15) is 9.36 Å². The van der Waals surface area contributed by atoms with E-state index in [0.717, 1.165) is 7.11 Å². The number of rotatable bonds is 8. The average molecular weight is 260 g/mol. The second-order valence-corrected chi connectivity index (χ2v) is 4.52. The molecule has 0 saturated heterocycles. The van der Waals surface area contributed by atoms with Crippen molar-refractivity contribution in [1.82, 2.24) is 0 Å². The monoisotopic (exact) mass is 260 g/mol. The molecule has 0 bridgehead atoms. The predicted molar refractivity (Wildman–Crippen MR) is 60.5 cm³/mol. The van der Waals surface area contributed by atoms with Crippen LogP contribution in [-0.4, -0.2) is 36.5 Å². The molecule has 0 heterocycles. The van der Waals surface area contributed by atoms with Gasteiger partial charge >= 0.3 is 19.0 Å². The lowest BCUT2D eigenvalue weighted by molar-refractivity contribution is -0.136. The van der Waals surface area contributed by atoms with E-state index < -0.39 is 19.0 Å². The maximum atomic E-state index is 12.1. The molecular formula is C9H13N2O5P. The highest BCUT2D eigenvalue weighted by atomic mass is 31.2. The number of hydrogen-bond donors (Lipinski definition) is 0. The van der Waals surface area contributed by atoms with Crippen molar-refractivity contribution in [3.63, 3.8) is 0 Å². The summed E-state index contributed by atoms with van der Waals surface area (Å²) in [5.74, 6) is -1.11. The minimum atomic E-state index is -4.05. The third kappa shape index (κ3) is 4.46. The number of nitrogens with zero attached hydrogens (tertiary/aromatic N) is 2. The highest BCUT2D eigenvalue weighted by Crippen LogP contribution is 2.49. The van der Waals surface area contributed by atoms with Crippen LogP contribution in [0.2, 0.25) is 0 Å². The van der Waals surface area contributed by atoms with Gasteiger partial charge in [0.2, 0.25) is 0 Å². The first-order chi connectivity index (χ1) is 8.05. The number of ether oxygens (including phenoxy) is 1. The fourth-order valence-corrected chi connectivity index (χ4v) is 2.11. The van der Waals surface area contributed by atoms with Crippen LogP contribution in [0.4, 0.5) is 0 Å². The molecule has 0 amide bonds. The van der Waals surface area contributed by atoms with E-state index in [0.29, 0.717) is 0 Å². The molecule has 0 aromatic carbocycles. The van der Waals surface area contributed by atoms with Crippen LogP contribution in [0, 0.1) is 0 Å². The van der Waals surface area contributed by atoms with Gasteiger partial charge in [-0.2, -0.15) is 0 Å². The molecule has 0 rings (SSSR count). The minimum absolute atomic E-state index is 0.148. The van der Waals surface area contributed by atoms with E-state index in [1.165, 1.54) is 12.2 Å². The van der Waals surface area contributed by atoms with Crippen LogP contribution in [0.25, 0.3) is 5.53 Å². The molecule has 0 aromatic rings. The van der Waals surface area contributed by atoms with Crippen molar-refractivity contribution in [2.24, 2.45) is 0 Å². The molecule has 0 aromatic heterocycles. The molecule has 0 aliphatic heterocycles. The summed E-state index contributed by atoms with van der Waals surface area (Å²) in [6.45, 7) is 6.41. The summed E-state index contributed by atoms with van der Waals surface area (Å²) in [5.41, 5.74) is 7.84. The standard InChI is InChI=1S/C9H13N2O5P/c1-4-6-15-17(13,16-7-5-2)8(11-10)9(12)14-3/h4-5H,1-2,6-7H2,3H3. The zero-order valence-electron chi connectivity index (χ0n) is 9.37. The Kier molecular flexibility index (Phi) is 7.02. The highest BCUT2D eigenvalue weighted by Gasteiger charge is 2.46. The lowest BCUT2D eigenvalue weighted by Gasteiger charge is -2.11. The van der Waals surface area contributed by atoms with Crippen molar-refractivity contribution >= 4 is 19.0 Å². The number of carbonyl (C=O) groups excluding carboxylic acids is 1. The van der Waals surface area contributed by atoms with Gasteiger partial charge in [-0.25, -0.2) is 9.36 Å². The molecule has 0 aliphatic carbocycles. The largest absolute Gasteiger partial charge is 0.484 e. The van der Waals surface area contributed by atoms with Crippen molar-refractivity contribution in [1.29, 1.82) is 0 Å². The number of esters is 1. The molecule has 0 unspecified atom stereocenters. The normalized spacial score (nSPS) is 10.2. The van der Waals surface area contributed by atoms with Gasteiger partial charge in [-0.3, -0.25) is 9.05 Å². The van der Waals surface area contributed by atoms with Gasteiger partial charge in [0, 0.05) is 0 Å². The molecular weight excluding hydrogens is 247 g/mol. The molecule has 0 saturated carbocycles. The van der Waals surface area contributed by atoms with E-state index in [1.807, 2.05) is 0 Å². The second kappa shape index (κ2) is 7.70. The topological polar surface area (TPSA) is 98.2 Å². The first-order valence-electron chi connectivity index (χ1n) is 4.47. The Morgan fingerprint density at radius 2 is 1.82 bits per heavy atom. The zero-order valence-corrected chi connectivity index (χ0v) is 10.3. The Bertz CT molecular complexity index is 384. The summed E-state index contributed by atoms with van der Waals surface area (Å²) in [6, 6.07) is 0. The molecule has 8 heteroatoms. The quantitative estimate of drug-likeness (QED) is 0.164. The van der Waals surface area contributed by atoms with E-state index in [2.05, 4.69) is 22.7 Å². The average Bonchev–Trinajstić information content (AvgIpc) is 2.34. The van der Waals surface area contributed by atoms with Gasteiger partial charge in [0.05, 0.1) is 20.3 Å². The summed E-state index contributed by atoms with van der Waals surface area (Å²) in [7, 11) is -3.01. The van der Waals surface area contributed by atoms with Crippen LogP contribution < -0.4 is 0 Å². The lowest BCUT2D eigenvalue weighted by Crippen LogP contribution is -2.20. The second-order valence-electron chi connectivity index (χ2n) is 2.58. The maximum absolute atomic E-state index is 12.1. The smallest absolute Gasteiger partial charge is 0.460 e. The molecule has 0 fully saturated rings. The van der Waals surface area contributed by atoms with E-state index in [-0.39, 0.29) is 13.2 Å². The summed E-state index contributed by atoms with van der Waals surface area (Å²) >= 11 is 0. The molecule has 7 nitrogen and oxygen atoms in total. The summed E-state index contributed by atoms with van der Waals surface area (Å²) in [4.78, 5) is 13.8. The summed E-state index contributed by atoms with van der Waals surface area (Å²) in [6.07, 6.45) is 2.60. The Morgan fingerprint density at radius 1 is 1.35 bits per heavy atom. The number of methoxy groups -OCH3 is 1. The molecule has 0 aliphatic rings. The molecule has 94 valence electrons. The molecule has 0 atom stereocenters. The number of hydrogen-bond acceptors (Lipinski definition) is 5. The lowest BCUT2D eigenvalue weighted by atomic mass is 10.7. The van der Waals surface area contributed by atoms with Gasteiger partial charge in [-0.1, -0.05) is 12.2 Å². The van der Waals surface area contributed by atoms with Crippen molar-refractivity contribution in [2.75, 3.05) is 20.3 Å². The zero-order chi connectivity index (χ0) is 13.3. The summed E-state index contributed by atoms with van der Waals surface area (Å²) in [5, 5.41) is 0. The Balaban J connectivity index is 5.19. The first kappa shape index (κ1) is 15.5. The number of carbonyl (C=O) groups is 1. The molecule has 0 radical (unpaired) electrons. The van der Waals surface area contributed by atoms with Crippen LogP contribution in [0.1, 0.15) is 0 Å². The van der Waals surface area contributed by atoms with Crippen LogP contribution >= 0.6 is 7.60 Å². The third-order valence-electron chi connectivity index (χ3n) is 1.45.